The predicted molar refractivity (Wildman–Crippen MR) is 105 cm³/mol. The highest BCUT2D eigenvalue weighted by molar-refractivity contribution is 6.33. The maximum Gasteiger partial charge on any atom is 0.272 e. The molecule has 2 amide bonds. The first kappa shape index (κ1) is 20.9. The van der Waals surface area contributed by atoms with Gasteiger partial charge in [-0.05, 0) is 31.0 Å². The molecule has 0 aromatic carbocycles. The second kappa shape index (κ2) is 8.69. The Kier molecular flexibility index (Phi) is 6.26. The van der Waals surface area contributed by atoms with Crippen LogP contribution in [0.4, 0.5) is 20.4 Å². The minimum Gasteiger partial charge on any atom is -0.367 e. The van der Waals surface area contributed by atoms with Crippen LogP contribution in [0.2, 0.25) is 5.02 Å². The second-order valence-electron chi connectivity index (χ2n) is 6.82. The van der Waals surface area contributed by atoms with Gasteiger partial charge in [0, 0.05) is 49.5 Å². The van der Waals surface area contributed by atoms with Gasteiger partial charge in [-0.2, -0.15) is 0 Å². The van der Waals surface area contributed by atoms with Gasteiger partial charge >= 0.3 is 0 Å². The van der Waals surface area contributed by atoms with Crippen LogP contribution < -0.4 is 16.0 Å². The molecular formula is C19H20ClF2N5O2. The zero-order chi connectivity index (χ0) is 21.0. The topological polar surface area (TPSA) is 96.0 Å². The van der Waals surface area contributed by atoms with E-state index >= 15 is 0 Å². The normalized spacial score (nSPS) is 13.7. The molecule has 2 heterocycles. The summed E-state index contributed by atoms with van der Waals surface area (Å²) >= 11 is 5.97. The fourth-order valence-corrected chi connectivity index (χ4v) is 2.71. The lowest BCUT2D eigenvalue weighted by Crippen LogP contribution is -2.29. The van der Waals surface area contributed by atoms with Crippen molar-refractivity contribution in [1.29, 1.82) is 0 Å². The second-order valence-corrected chi connectivity index (χ2v) is 7.23. The molecule has 3 N–H and O–H groups in total. The van der Waals surface area contributed by atoms with E-state index in [2.05, 4.69) is 25.9 Å². The van der Waals surface area contributed by atoms with Gasteiger partial charge in [0.25, 0.3) is 11.8 Å². The molecule has 1 aliphatic rings. The summed E-state index contributed by atoms with van der Waals surface area (Å²) in [5.74, 6) is -2.82. The summed E-state index contributed by atoms with van der Waals surface area (Å²) in [6, 6.07) is 4.20. The summed E-state index contributed by atoms with van der Waals surface area (Å²) in [6.07, 6.45) is 4.26. The molecule has 7 nitrogen and oxygen atoms in total. The SMILES string of the molecule is CC(F)(F)c1cnc(NCCNC(=O)c2ccnc(NC(=O)C3CC3)c2)c(Cl)c1. The first-order valence-electron chi connectivity index (χ1n) is 9.07. The Morgan fingerprint density at radius 1 is 1.24 bits per heavy atom. The number of amides is 2. The maximum absolute atomic E-state index is 13.3. The van der Waals surface area contributed by atoms with Gasteiger partial charge in [0.05, 0.1) is 5.02 Å². The lowest BCUT2D eigenvalue weighted by molar-refractivity contribution is -0.117. The van der Waals surface area contributed by atoms with E-state index < -0.39 is 5.92 Å². The summed E-state index contributed by atoms with van der Waals surface area (Å²) in [5.41, 5.74) is 0.0837. The number of pyridine rings is 2. The molecule has 0 saturated heterocycles. The standard InChI is InChI=1S/C19H20ClF2N5O2/c1-19(21,22)13-9-14(20)16(26-10-13)24-6-7-25-17(28)12-4-5-23-15(8-12)27-18(29)11-2-3-11/h4-5,8-11H,2-3,6-7H2,1H3,(H,24,26)(H,25,28)(H,23,27,29). The van der Waals surface area contributed by atoms with Crippen molar-refractivity contribution in [2.45, 2.75) is 25.7 Å². The van der Waals surface area contributed by atoms with Gasteiger partial charge in [-0.1, -0.05) is 11.6 Å². The van der Waals surface area contributed by atoms with E-state index in [0.717, 1.165) is 32.0 Å². The minimum absolute atomic E-state index is 0.0402. The maximum atomic E-state index is 13.3. The van der Waals surface area contributed by atoms with Gasteiger partial charge in [0.2, 0.25) is 5.91 Å². The van der Waals surface area contributed by atoms with Gasteiger partial charge in [0.1, 0.15) is 11.6 Å². The van der Waals surface area contributed by atoms with E-state index in [-0.39, 0.29) is 47.2 Å². The van der Waals surface area contributed by atoms with Crippen LogP contribution in [0.15, 0.2) is 30.6 Å². The van der Waals surface area contributed by atoms with E-state index in [1.54, 1.807) is 0 Å². The molecule has 2 aromatic heterocycles. The highest BCUT2D eigenvalue weighted by Gasteiger charge is 2.30. The molecule has 10 heteroatoms. The van der Waals surface area contributed by atoms with E-state index in [0.29, 0.717) is 11.4 Å². The van der Waals surface area contributed by atoms with Crippen molar-refractivity contribution < 1.29 is 18.4 Å². The molecule has 0 unspecified atom stereocenters. The predicted octanol–water partition coefficient (Wildman–Crippen LogP) is 3.43. The van der Waals surface area contributed by atoms with E-state index in [1.165, 1.54) is 18.3 Å². The average Bonchev–Trinajstić information content (AvgIpc) is 3.51. The van der Waals surface area contributed by atoms with Crippen molar-refractivity contribution in [1.82, 2.24) is 15.3 Å². The summed E-state index contributed by atoms with van der Waals surface area (Å²) < 4.78 is 26.5. The molecule has 0 aliphatic heterocycles. The van der Waals surface area contributed by atoms with E-state index in [1.807, 2.05) is 0 Å². The van der Waals surface area contributed by atoms with Gasteiger partial charge in [-0.3, -0.25) is 9.59 Å². The van der Waals surface area contributed by atoms with Crippen LogP contribution in [0.25, 0.3) is 0 Å². The molecule has 2 aromatic rings. The number of nitrogens with one attached hydrogen (secondary N) is 3. The van der Waals surface area contributed by atoms with Crippen molar-refractivity contribution >= 4 is 35.1 Å². The molecule has 3 rings (SSSR count). The monoisotopic (exact) mass is 423 g/mol. The molecular weight excluding hydrogens is 404 g/mol. The average molecular weight is 424 g/mol. The smallest absolute Gasteiger partial charge is 0.272 e. The molecule has 0 spiro atoms. The highest BCUT2D eigenvalue weighted by Crippen LogP contribution is 2.31. The van der Waals surface area contributed by atoms with Crippen molar-refractivity contribution in [2.75, 3.05) is 23.7 Å². The Labute approximate surface area is 171 Å². The molecule has 1 fully saturated rings. The Bertz CT molecular complexity index is 916. The number of rotatable bonds is 8. The largest absolute Gasteiger partial charge is 0.367 e. The molecule has 154 valence electrons. The van der Waals surface area contributed by atoms with Gasteiger partial charge in [-0.25, -0.2) is 18.7 Å². The quantitative estimate of drug-likeness (QED) is 0.565. The van der Waals surface area contributed by atoms with E-state index in [4.69, 9.17) is 11.6 Å². The molecule has 0 atom stereocenters. The number of hydrogen-bond donors (Lipinski definition) is 3. The summed E-state index contributed by atoms with van der Waals surface area (Å²) in [4.78, 5) is 32.0. The fourth-order valence-electron chi connectivity index (χ4n) is 2.48. The number of aromatic nitrogens is 2. The van der Waals surface area contributed by atoms with Crippen LogP contribution in [0.1, 0.15) is 35.7 Å². The number of hydrogen-bond acceptors (Lipinski definition) is 5. The summed E-state index contributed by atoms with van der Waals surface area (Å²) in [5, 5.41) is 8.35. The zero-order valence-electron chi connectivity index (χ0n) is 15.6. The van der Waals surface area contributed by atoms with Crippen LogP contribution in [0, 0.1) is 5.92 Å². The number of carbonyl (C=O) groups excluding carboxylic acids is 2. The molecule has 0 bridgehead atoms. The van der Waals surface area contributed by atoms with Gasteiger partial charge < -0.3 is 16.0 Å². The van der Waals surface area contributed by atoms with Crippen molar-refractivity contribution in [3.63, 3.8) is 0 Å². The van der Waals surface area contributed by atoms with Crippen LogP contribution in [0.3, 0.4) is 0 Å². The van der Waals surface area contributed by atoms with Crippen LogP contribution in [0.5, 0.6) is 0 Å². The Hall–Kier alpha value is -2.81. The van der Waals surface area contributed by atoms with E-state index in [9.17, 15) is 18.4 Å². The van der Waals surface area contributed by atoms with Crippen LogP contribution in [-0.4, -0.2) is 34.9 Å². The highest BCUT2D eigenvalue weighted by atomic mass is 35.5. The lowest BCUT2D eigenvalue weighted by Gasteiger charge is -2.13. The first-order chi connectivity index (χ1) is 13.7. The third-order valence-corrected chi connectivity index (χ3v) is 4.56. The zero-order valence-corrected chi connectivity index (χ0v) is 16.4. The van der Waals surface area contributed by atoms with Gasteiger partial charge in [0.15, 0.2) is 0 Å². The van der Waals surface area contributed by atoms with Crippen molar-refractivity contribution in [2.24, 2.45) is 5.92 Å². The Balaban J connectivity index is 1.48. The number of nitrogens with zero attached hydrogens (tertiary/aromatic N) is 2. The van der Waals surface area contributed by atoms with Crippen LogP contribution >= 0.6 is 11.6 Å². The van der Waals surface area contributed by atoms with Crippen LogP contribution in [-0.2, 0) is 10.7 Å². The third-order valence-electron chi connectivity index (χ3n) is 4.27. The molecule has 1 aliphatic carbocycles. The lowest BCUT2D eigenvalue weighted by atomic mass is 10.2. The molecule has 1 saturated carbocycles. The first-order valence-corrected chi connectivity index (χ1v) is 9.44. The molecule has 29 heavy (non-hydrogen) atoms. The summed E-state index contributed by atoms with van der Waals surface area (Å²) in [7, 11) is 0. The number of anilines is 2. The third kappa shape index (κ3) is 5.83. The Morgan fingerprint density at radius 2 is 2.00 bits per heavy atom. The number of carbonyl (C=O) groups is 2. The summed E-state index contributed by atoms with van der Waals surface area (Å²) in [6.45, 7) is 1.30. The fraction of sp³-hybridized carbons (Fsp3) is 0.368. The van der Waals surface area contributed by atoms with Crippen molar-refractivity contribution in [3.8, 4) is 0 Å². The number of halogens is 3. The van der Waals surface area contributed by atoms with Crippen molar-refractivity contribution in [3.05, 3.63) is 46.7 Å². The van der Waals surface area contributed by atoms with Gasteiger partial charge in [-0.15, -0.1) is 0 Å². The minimum atomic E-state index is -3.02. The molecule has 0 radical (unpaired) electrons. The number of alkyl halides is 2. The Morgan fingerprint density at radius 3 is 2.66 bits per heavy atom.